The minimum Gasteiger partial charge on any atom is -0.375 e. The molecule has 0 saturated carbocycles. The molecule has 0 fully saturated rings. The predicted octanol–water partition coefficient (Wildman–Crippen LogP) is 1.69. The molecule has 0 aliphatic heterocycles. The van der Waals surface area contributed by atoms with Gasteiger partial charge >= 0.3 is 0 Å². The van der Waals surface area contributed by atoms with E-state index in [0.29, 0.717) is 6.61 Å². The zero-order chi connectivity index (χ0) is 10.3. The van der Waals surface area contributed by atoms with Crippen LogP contribution in [-0.2, 0) is 4.74 Å². The molecule has 0 heterocycles. The summed E-state index contributed by atoms with van der Waals surface area (Å²) in [6.45, 7) is 9.17. The van der Waals surface area contributed by atoms with E-state index < -0.39 is 5.54 Å². The molecular formula is C10H20N2O. The van der Waals surface area contributed by atoms with E-state index in [1.165, 1.54) is 0 Å². The molecule has 2 atom stereocenters. The third-order valence-corrected chi connectivity index (χ3v) is 2.05. The van der Waals surface area contributed by atoms with Gasteiger partial charge in [-0.3, -0.25) is 5.32 Å². The average Bonchev–Trinajstić information content (AvgIpc) is 2.15. The minimum absolute atomic E-state index is 0.228. The maximum Gasteiger partial charge on any atom is 0.127 e. The van der Waals surface area contributed by atoms with Crippen LogP contribution in [0.25, 0.3) is 0 Å². The number of nitrogens with zero attached hydrogens (tertiary/aromatic N) is 1. The molecule has 0 aromatic heterocycles. The molecule has 1 N–H and O–H groups in total. The topological polar surface area (TPSA) is 45.0 Å². The molecule has 0 aromatic carbocycles. The fraction of sp³-hybridized carbons (Fsp3) is 0.900. The Hall–Kier alpha value is -0.590. The maximum atomic E-state index is 8.91. The molecule has 0 aromatic rings. The summed E-state index contributed by atoms with van der Waals surface area (Å²) in [5.74, 6) is 0. The van der Waals surface area contributed by atoms with E-state index in [0.717, 1.165) is 13.0 Å². The van der Waals surface area contributed by atoms with Crippen LogP contribution in [0.4, 0.5) is 0 Å². The van der Waals surface area contributed by atoms with Crippen molar-refractivity contribution in [3.8, 4) is 6.07 Å². The van der Waals surface area contributed by atoms with Crippen LogP contribution >= 0.6 is 0 Å². The van der Waals surface area contributed by atoms with Crippen molar-refractivity contribution < 1.29 is 4.74 Å². The Morgan fingerprint density at radius 1 is 1.54 bits per heavy atom. The highest BCUT2D eigenvalue weighted by Crippen LogP contribution is 2.05. The van der Waals surface area contributed by atoms with E-state index in [-0.39, 0.29) is 6.10 Å². The number of nitriles is 1. The first-order valence-electron chi connectivity index (χ1n) is 4.85. The van der Waals surface area contributed by atoms with Crippen molar-refractivity contribution in [2.24, 2.45) is 0 Å². The molecule has 13 heavy (non-hydrogen) atoms. The lowest BCUT2D eigenvalue weighted by Crippen LogP contribution is -2.45. The summed E-state index contributed by atoms with van der Waals surface area (Å²) < 4.78 is 5.51. The largest absolute Gasteiger partial charge is 0.375 e. The fourth-order valence-corrected chi connectivity index (χ4v) is 0.940. The van der Waals surface area contributed by atoms with Gasteiger partial charge in [0.05, 0.1) is 18.8 Å². The van der Waals surface area contributed by atoms with Crippen LogP contribution in [0.15, 0.2) is 0 Å². The highest BCUT2D eigenvalue weighted by atomic mass is 16.5. The van der Waals surface area contributed by atoms with E-state index in [2.05, 4.69) is 18.3 Å². The smallest absolute Gasteiger partial charge is 0.127 e. The summed E-state index contributed by atoms with van der Waals surface area (Å²) in [6, 6.07) is 2.22. The van der Waals surface area contributed by atoms with E-state index >= 15 is 0 Å². The molecule has 76 valence electrons. The van der Waals surface area contributed by atoms with Crippen LogP contribution in [-0.4, -0.2) is 24.8 Å². The first kappa shape index (κ1) is 12.4. The zero-order valence-corrected chi connectivity index (χ0v) is 9.05. The van der Waals surface area contributed by atoms with Crippen molar-refractivity contribution in [3.63, 3.8) is 0 Å². The van der Waals surface area contributed by atoms with Crippen molar-refractivity contribution in [1.29, 1.82) is 5.26 Å². The van der Waals surface area contributed by atoms with Gasteiger partial charge in [-0.05, 0) is 26.8 Å². The molecule has 3 heteroatoms. The quantitative estimate of drug-likeness (QED) is 0.683. The number of nitrogens with one attached hydrogen (secondary N) is 1. The second kappa shape index (κ2) is 5.95. The molecule has 3 nitrogen and oxygen atoms in total. The van der Waals surface area contributed by atoms with Crippen LogP contribution in [0.3, 0.4) is 0 Å². The first-order chi connectivity index (χ1) is 6.08. The summed E-state index contributed by atoms with van der Waals surface area (Å²) in [7, 11) is 0. The minimum atomic E-state index is -0.543. The number of hydrogen-bond donors (Lipinski definition) is 1. The molecular weight excluding hydrogens is 164 g/mol. The summed E-state index contributed by atoms with van der Waals surface area (Å²) in [4.78, 5) is 0. The Morgan fingerprint density at radius 2 is 2.15 bits per heavy atom. The van der Waals surface area contributed by atoms with Gasteiger partial charge < -0.3 is 4.74 Å². The third-order valence-electron chi connectivity index (χ3n) is 2.05. The number of rotatable bonds is 6. The second-order valence-electron chi connectivity index (χ2n) is 3.50. The molecule has 2 unspecified atom stereocenters. The second-order valence-corrected chi connectivity index (χ2v) is 3.50. The first-order valence-corrected chi connectivity index (χ1v) is 4.85. The molecule has 0 saturated heterocycles. The monoisotopic (exact) mass is 184 g/mol. The standard InChI is InChI=1S/C10H20N2O/c1-5-9(3)13-8-10(4,7-11)12-6-2/h9,12H,5-6,8H2,1-4H3. The number of ether oxygens (including phenoxy) is 1. The van der Waals surface area contributed by atoms with Crippen LogP contribution in [0, 0.1) is 11.3 Å². The summed E-state index contributed by atoms with van der Waals surface area (Å²) in [5, 5.41) is 12.0. The molecule has 0 aliphatic carbocycles. The zero-order valence-electron chi connectivity index (χ0n) is 9.05. The normalized spacial score (nSPS) is 17.5. The molecule has 0 aliphatic rings. The van der Waals surface area contributed by atoms with Gasteiger partial charge in [-0.25, -0.2) is 0 Å². The fourth-order valence-electron chi connectivity index (χ4n) is 0.940. The van der Waals surface area contributed by atoms with Gasteiger partial charge in [0.25, 0.3) is 0 Å². The van der Waals surface area contributed by atoms with Gasteiger partial charge in [0.15, 0.2) is 0 Å². The van der Waals surface area contributed by atoms with Crippen molar-refractivity contribution >= 4 is 0 Å². The van der Waals surface area contributed by atoms with E-state index in [9.17, 15) is 0 Å². The average molecular weight is 184 g/mol. The van der Waals surface area contributed by atoms with Crippen molar-refractivity contribution in [1.82, 2.24) is 5.32 Å². The molecule has 0 amide bonds. The molecule has 0 rings (SSSR count). The third kappa shape index (κ3) is 4.87. The van der Waals surface area contributed by atoms with E-state index in [4.69, 9.17) is 10.00 Å². The highest BCUT2D eigenvalue weighted by molar-refractivity contribution is 5.03. The van der Waals surface area contributed by atoms with Crippen LogP contribution in [0.5, 0.6) is 0 Å². The molecule has 0 spiro atoms. The Balaban J connectivity index is 3.92. The summed E-state index contributed by atoms with van der Waals surface area (Å²) in [6.07, 6.45) is 1.21. The van der Waals surface area contributed by atoms with Crippen molar-refractivity contribution in [3.05, 3.63) is 0 Å². The SMILES string of the molecule is CCNC(C)(C#N)COC(C)CC. The Morgan fingerprint density at radius 3 is 2.54 bits per heavy atom. The lowest BCUT2D eigenvalue weighted by atomic mass is 10.1. The van der Waals surface area contributed by atoms with Gasteiger partial charge in [-0.2, -0.15) is 5.26 Å². The van der Waals surface area contributed by atoms with E-state index in [1.54, 1.807) is 0 Å². The predicted molar refractivity (Wildman–Crippen MR) is 53.4 cm³/mol. The van der Waals surface area contributed by atoms with Crippen molar-refractivity contribution in [2.45, 2.75) is 45.8 Å². The lowest BCUT2D eigenvalue weighted by Gasteiger charge is -2.24. The Labute approximate surface area is 81.1 Å². The van der Waals surface area contributed by atoms with Gasteiger partial charge in [-0.15, -0.1) is 0 Å². The van der Waals surface area contributed by atoms with Gasteiger partial charge in [0.1, 0.15) is 5.54 Å². The summed E-state index contributed by atoms with van der Waals surface area (Å²) >= 11 is 0. The highest BCUT2D eigenvalue weighted by Gasteiger charge is 2.23. The van der Waals surface area contributed by atoms with Crippen LogP contribution < -0.4 is 5.32 Å². The van der Waals surface area contributed by atoms with Gasteiger partial charge in [0, 0.05) is 0 Å². The Kier molecular flexibility index (Phi) is 5.68. The van der Waals surface area contributed by atoms with Crippen molar-refractivity contribution in [2.75, 3.05) is 13.2 Å². The number of hydrogen-bond acceptors (Lipinski definition) is 3. The molecule has 0 radical (unpaired) electrons. The number of likely N-dealkylation sites (N-methyl/N-ethyl adjacent to an activating group) is 1. The maximum absolute atomic E-state index is 8.91. The van der Waals surface area contributed by atoms with Crippen LogP contribution in [0.2, 0.25) is 0 Å². The molecule has 0 bridgehead atoms. The summed E-state index contributed by atoms with van der Waals surface area (Å²) in [5.41, 5.74) is -0.543. The van der Waals surface area contributed by atoms with Crippen LogP contribution in [0.1, 0.15) is 34.1 Å². The van der Waals surface area contributed by atoms with Gasteiger partial charge in [0.2, 0.25) is 0 Å². The van der Waals surface area contributed by atoms with Gasteiger partial charge in [-0.1, -0.05) is 13.8 Å². The lowest BCUT2D eigenvalue weighted by molar-refractivity contribution is 0.0364. The Bertz CT molecular complexity index is 176. The van der Waals surface area contributed by atoms with E-state index in [1.807, 2.05) is 20.8 Å².